The SMILES string of the molecule is COc1ccccc1C(=O)N1CCN(C(=O)CN2CCc3sccc3[C@@H]2c2cccc(F)c2)CC1. The lowest BCUT2D eigenvalue weighted by molar-refractivity contribution is -0.134. The number of thiophene rings is 1. The van der Waals surface area contributed by atoms with E-state index >= 15 is 0 Å². The first-order valence-electron chi connectivity index (χ1n) is 11.8. The summed E-state index contributed by atoms with van der Waals surface area (Å²) in [6.45, 7) is 2.93. The number of fused-ring (bicyclic) bond motifs is 1. The highest BCUT2D eigenvalue weighted by molar-refractivity contribution is 7.10. The Bertz CT molecular complexity index is 1220. The molecular weight excluding hydrogens is 465 g/mol. The number of halogens is 1. The van der Waals surface area contributed by atoms with E-state index in [1.807, 2.05) is 23.1 Å². The van der Waals surface area contributed by atoms with Crippen molar-refractivity contribution in [1.82, 2.24) is 14.7 Å². The number of ether oxygens (including phenoxy) is 1. The molecule has 0 spiro atoms. The van der Waals surface area contributed by atoms with Gasteiger partial charge in [-0.15, -0.1) is 11.3 Å². The van der Waals surface area contributed by atoms with Gasteiger partial charge in [0.2, 0.25) is 5.91 Å². The molecule has 35 heavy (non-hydrogen) atoms. The summed E-state index contributed by atoms with van der Waals surface area (Å²) in [5, 5.41) is 2.07. The Morgan fingerprint density at radius 3 is 2.54 bits per heavy atom. The van der Waals surface area contributed by atoms with Gasteiger partial charge in [-0.2, -0.15) is 0 Å². The maximum Gasteiger partial charge on any atom is 0.257 e. The first kappa shape index (κ1) is 23.5. The highest BCUT2D eigenvalue weighted by Gasteiger charge is 2.33. The van der Waals surface area contributed by atoms with Crippen LogP contribution in [0.1, 0.15) is 32.4 Å². The molecule has 1 fully saturated rings. The quantitative estimate of drug-likeness (QED) is 0.542. The minimum Gasteiger partial charge on any atom is -0.496 e. The molecule has 3 heterocycles. The van der Waals surface area contributed by atoms with Crippen molar-refractivity contribution in [3.8, 4) is 5.75 Å². The lowest BCUT2D eigenvalue weighted by Gasteiger charge is -2.39. The van der Waals surface area contributed by atoms with Crippen LogP contribution in [0.5, 0.6) is 5.75 Å². The molecule has 6 nitrogen and oxygen atoms in total. The number of methoxy groups -OCH3 is 1. The zero-order valence-corrected chi connectivity index (χ0v) is 20.5. The zero-order chi connectivity index (χ0) is 24.4. The number of para-hydroxylation sites is 1. The maximum atomic E-state index is 14.0. The third-order valence-corrected chi connectivity index (χ3v) is 7.82. The van der Waals surface area contributed by atoms with Crippen molar-refractivity contribution < 1.29 is 18.7 Å². The van der Waals surface area contributed by atoms with E-state index in [0.717, 1.165) is 24.1 Å². The van der Waals surface area contributed by atoms with E-state index in [4.69, 9.17) is 4.74 Å². The second kappa shape index (κ2) is 10.2. The molecule has 0 radical (unpaired) electrons. The van der Waals surface area contributed by atoms with Gasteiger partial charge in [0, 0.05) is 37.6 Å². The fourth-order valence-corrected chi connectivity index (χ4v) is 5.93. The van der Waals surface area contributed by atoms with Crippen molar-refractivity contribution in [2.24, 2.45) is 0 Å². The van der Waals surface area contributed by atoms with Crippen LogP contribution in [0.3, 0.4) is 0 Å². The van der Waals surface area contributed by atoms with Crippen LogP contribution in [0.4, 0.5) is 4.39 Å². The van der Waals surface area contributed by atoms with E-state index in [1.165, 1.54) is 10.9 Å². The van der Waals surface area contributed by atoms with Crippen LogP contribution in [0.25, 0.3) is 0 Å². The van der Waals surface area contributed by atoms with Gasteiger partial charge in [0.25, 0.3) is 5.91 Å². The fraction of sp³-hybridized carbons (Fsp3) is 0.333. The number of carbonyl (C=O) groups is 2. The first-order valence-corrected chi connectivity index (χ1v) is 12.7. The van der Waals surface area contributed by atoms with Crippen molar-refractivity contribution >= 4 is 23.2 Å². The van der Waals surface area contributed by atoms with E-state index in [9.17, 15) is 14.0 Å². The molecule has 0 aliphatic carbocycles. The molecule has 1 aromatic heterocycles. The fourth-order valence-electron chi connectivity index (χ4n) is 5.03. The van der Waals surface area contributed by atoms with Crippen LogP contribution in [-0.2, 0) is 11.2 Å². The Morgan fingerprint density at radius 1 is 1.00 bits per heavy atom. The minimum absolute atomic E-state index is 0.0365. The Hall–Kier alpha value is -3.23. The molecule has 0 bridgehead atoms. The van der Waals surface area contributed by atoms with Gasteiger partial charge in [-0.05, 0) is 53.3 Å². The average molecular weight is 494 g/mol. The molecule has 0 N–H and O–H groups in total. The number of rotatable bonds is 5. The van der Waals surface area contributed by atoms with E-state index in [2.05, 4.69) is 16.3 Å². The molecule has 8 heteroatoms. The summed E-state index contributed by atoms with van der Waals surface area (Å²) in [4.78, 5) is 33.3. The maximum absolute atomic E-state index is 14.0. The van der Waals surface area contributed by atoms with Crippen molar-refractivity contribution in [2.45, 2.75) is 12.5 Å². The Kier molecular flexibility index (Phi) is 6.83. The topological polar surface area (TPSA) is 53.1 Å². The Labute approximate surface area is 208 Å². The molecular formula is C27H28FN3O3S. The number of nitrogens with zero attached hydrogens (tertiary/aromatic N) is 3. The largest absolute Gasteiger partial charge is 0.496 e. The second-order valence-electron chi connectivity index (χ2n) is 8.85. The minimum atomic E-state index is -0.271. The molecule has 1 atom stereocenters. The van der Waals surface area contributed by atoms with Crippen LogP contribution in [-0.4, -0.2) is 72.9 Å². The van der Waals surface area contributed by atoms with E-state index < -0.39 is 0 Å². The highest BCUT2D eigenvalue weighted by Crippen LogP contribution is 2.37. The third-order valence-electron chi connectivity index (χ3n) is 6.83. The lowest BCUT2D eigenvalue weighted by atomic mass is 9.93. The van der Waals surface area contributed by atoms with Crippen LogP contribution in [0, 0.1) is 5.82 Å². The third kappa shape index (κ3) is 4.81. The standard InChI is InChI=1S/C27H28FN3O3S/c1-34-23-8-3-2-7-21(23)27(33)30-14-12-29(13-15-30)25(32)18-31-11-9-24-22(10-16-35-24)26(31)19-5-4-6-20(28)17-19/h2-8,10,16-17,26H,9,11-15,18H2,1H3/t26-/m0/s1. The van der Waals surface area contributed by atoms with Crippen LogP contribution in [0.2, 0.25) is 0 Å². The van der Waals surface area contributed by atoms with E-state index in [-0.39, 0.29) is 30.2 Å². The summed E-state index contributed by atoms with van der Waals surface area (Å²) in [6.07, 6.45) is 0.882. The monoisotopic (exact) mass is 493 g/mol. The molecule has 5 rings (SSSR count). The molecule has 182 valence electrons. The van der Waals surface area contributed by atoms with Gasteiger partial charge < -0.3 is 14.5 Å². The van der Waals surface area contributed by atoms with Crippen LogP contribution >= 0.6 is 11.3 Å². The average Bonchev–Trinajstić information content (AvgIpc) is 3.37. The highest BCUT2D eigenvalue weighted by atomic mass is 32.1. The van der Waals surface area contributed by atoms with Crippen LogP contribution in [0.15, 0.2) is 60.0 Å². The molecule has 2 aromatic carbocycles. The van der Waals surface area contributed by atoms with Gasteiger partial charge in [-0.3, -0.25) is 14.5 Å². The van der Waals surface area contributed by atoms with Crippen molar-refractivity contribution in [1.29, 1.82) is 0 Å². The van der Waals surface area contributed by atoms with Gasteiger partial charge in [-0.1, -0.05) is 24.3 Å². The summed E-state index contributed by atoms with van der Waals surface area (Å²) in [5.74, 6) is 0.237. The van der Waals surface area contributed by atoms with Gasteiger partial charge in [0.1, 0.15) is 11.6 Å². The summed E-state index contributed by atoms with van der Waals surface area (Å²) in [5.41, 5.74) is 2.56. The number of piperazine rings is 1. The number of benzene rings is 2. The molecule has 0 unspecified atom stereocenters. The number of amides is 2. The zero-order valence-electron chi connectivity index (χ0n) is 19.7. The van der Waals surface area contributed by atoms with Gasteiger partial charge in [0.05, 0.1) is 25.3 Å². The number of hydrogen-bond donors (Lipinski definition) is 0. The predicted octanol–water partition coefficient (Wildman–Crippen LogP) is 3.83. The Morgan fingerprint density at radius 2 is 1.77 bits per heavy atom. The van der Waals surface area contributed by atoms with Gasteiger partial charge in [-0.25, -0.2) is 4.39 Å². The first-order chi connectivity index (χ1) is 17.0. The van der Waals surface area contributed by atoms with E-state index in [0.29, 0.717) is 37.5 Å². The molecule has 3 aromatic rings. The van der Waals surface area contributed by atoms with Gasteiger partial charge in [0.15, 0.2) is 0 Å². The van der Waals surface area contributed by atoms with E-state index in [1.54, 1.807) is 47.6 Å². The summed E-state index contributed by atoms with van der Waals surface area (Å²) in [6, 6.07) is 15.8. The molecule has 1 saturated heterocycles. The second-order valence-corrected chi connectivity index (χ2v) is 9.85. The summed E-state index contributed by atoms with van der Waals surface area (Å²) in [7, 11) is 1.56. The summed E-state index contributed by atoms with van der Waals surface area (Å²) < 4.78 is 19.4. The lowest BCUT2D eigenvalue weighted by Crippen LogP contribution is -2.53. The van der Waals surface area contributed by atoms with Crippen molar-refractivity contribution in [3.63, 3.8) is 0 Å². The number of carbonyl (C=O) groups excluding carboxylic acids is 2. The van der Waals surface area contributed by atoms with Crippen molar-refractivity contribution in [2.75, 3.05) is 46.4 Å². The predicted molar refractivity (Wildman–Crippen MR) is 133 cm³/mol. The molecule has 2 aliphatic rings. The Balaban J connectivity index is 1.26. The van der Waals surface area contributed by atoms with Crippen LogP contribution < -0.4 is 4.74 Å². The molecule has 2 aliphatic heterocycles. The molecule has 2 amide bonds. The normalized spacial score (nSPS) is 18.3. The smallest absolute Gasteiger partial charge is 0.257 e. The van der Waals surface area contributed by atoms with Crippen molar-refractivity contribution in [3.05, 3.63) is 87.4 Å². The van der Waals surface area contributed by atoms with Gasteiger partial charge >= 0.3 is 0 Å². The summed E-state index contributed by atoms with van der Waals surface area (Å²) >= 11 is 1.72. The number of hydrogen-bond acceptors (Lipinski definition) is 5. The molecule has 0 saturated carbocycles.